The van der Waals surface area contributed by atoms with E-state index in [4.69, 9.17) is 25.8 Å². The lowest BCUT2D eigenvalue weighted by atomic mass is 10.1. The molecule has 1 aromatic rings. The standard InChI is InChI=1S/C19H19ClN2O6/c1-26-11-16(23)21-15-8-7-12(10-14(15)20)22-9-5-4-6-13(18(24)27-2)17(22)19(25)28-3/h4-10H,11H2,1-3H3,(H,21,23). The van der Waals surface area contributed by atoms with Crippen LogP contribution in [0.4, 0.5) is 11.4 Å². The number of ether oxygens (including phenoxy) is 3. The molecule has 0 unspecified atom stereocenters. The van der Waals surface area contributed by atoms with Gasteiger partial charge in [-0.2, -0.15) is 0 Å². The summed E-state index contributed by atoms with van der Waals surface area (Å²) in [6.07, 6.45) is 6.26. The molecule has 28 heavy (non-hydrogen) atoms. The molecule has 0 bridgehead atoms. The predicted octanol–water partition coefficient (Wildman–Crippen LogP) is 2.41. The lowest BCUT2D eigenvalue weighted by Gasteiger charge is -2.23. The van der Waals surface area contributed by atoms with Gasteiger partial charge in [0.2, 0.25) is 5.91 Å². The van der Waals surface area contributed by atoms with Crippen LogP contribution in [0, 0.1) is 0 Å². The number of nitrogens with zero attached hydrogens (tertiary/aromatic N) is 1. The van der Waals surface area contributed by atoms with Crippen LogP contribution in [0.2, 0.25) is 5.02 Å². The lowest BCUT2D eigenvalue weighted by molar-refractivity contribution is -0.139. The molecule has 0 saturated carbocycles. The topological polar surface area (TPSA) is 94.2 Å². The number of amides is 1. The first kappa shape index (κ1) is 21.2. The van der Waals surface area contributed by atoms with E-state index in [1.165, 1.54) is 38.4 Å². The van der Waals surface area contributed by atoms with Crippen molar-refractivity contribution in [2.75, 3.05) is 38.2 Å². The van der Waals surface area contributed by atoms with Gasteiger partial charge in [-0.3, -0.25) is 4.79 Å². The fourth-order valence-corrected chi connectivity index (χ4v) is 2.66. The number of carbonyl (C=O) groups is 3. The summed E-state index contributed by atoms with van der Waals surface area (Å²) < 4.78 is 14.4. The third kappa shape index (κ3) is 4.79. The van der Waals surface area contributed by atoms with Crippen LogP contribution < -0.4 is 10.2 Å². The van der Waals surface area contributed by atoms with E-state index in [0.717, 1.165) is 0 Å². The highest BCUT2D eigenvalue weighted by atomic mass is 35.5. The minimum absolute atomic E-state index is 0.0212. The molecule has 1 aliphatic rings. The predicted molar refractivity (Wildman–Crippen MR) is 104 cm³/mol. The van der Waals surface area contributed by atoms with Gasteiger partial charge in [0.25, 0.3) is 0 Å². The number of anilines is 2. The second-order valence-electron chi connectivity index (χ2n) is 5.46. The summed E-state index contributed by atoms with van der Waals surface area (Å²) in [7, 11) is 3.83. The Morgan fingerprint density at radius 3 is 2.39 bits per heavy atom. The van der Waals surface area contributed by atoms with E-state index in [-0.39, 0.29) is 28.8 Å². The number of nitrogens with one attached hydrogen (secondary N) is 1. The van der Waals surface area contributed by atoms with Gasteiger partial charge >= 0.3 is 11.9 Å². The van der Waals surface area contributed by atoms with Gasteiger partial charge in [-0.1, -0.05) is 17.7 Å². The number of carbonyl (C=O) groups excluding carboxylic acids is 3. The molecule has 1 heterocycles. The molecule has 0 aromatic heterocycles. The van der Waals surface area contributed by atoms with Crippen LogP contribution in [-0.2, 0) is 28.6 Å². The van der Waals surface area contributed by atoms with Gasteiger partial charge in [-0.25, -0.2) is 9.59 Å². The largest absolute Gasteiger partial charge is 0.465 e. The summed E-state index contributed by atoms with van der Waals surface area (Å²) in [6.45, 7) is -0.115. The first-order valence-electron chi connectivity index (χ1n) is 8.06. The van der Waals surface area contributed by atoms with E-state index in [9.17, 15) is 14.4 Å². The van der Waals surface area contributed by atoms with Crippen LogP contribution in [-0.4, -0.2) is 45.8 Å². The van der Waals surface area contributed by atoms with E-state index < -0.39 is 11.9 Å². The van der Waals surface area contributed by atoms with Crippen molar-refractivity contribution in [1.29, 1.82) is 0 Å². The lowest BCUT2D eigenvalue weighted by Crippen LogP contribution is -2.27. The van der Waals surface area contributed by atoms with Crippen LogP contribution in [0.25, 0.3) is 0 Å². The Hall–Kier alpha value is -3.10. The van der Waals surface area contributed by atoms with Crippen molar-refractivity contribution in [3.05, 3.63) is 58.9 Å². The molecule has 2 rings (SSSR count). The molecule has 1 aliphatic heterocycles. The molecule has 1 N–H and O–H groups in total. The number of allylic oxidation sites excluding steroid dienone is 2. The molecule has 0 aliphatic carbocycles. The molecule has 1 aromatic carbocycles. The van der Waals surface area contributed by atoms with Gasteiger partial charge in [-0.05, 0) is 30.4 Å². The van der Waals surface area contributed by atoms with Crippen LogP contribution in [0.3, 0.4) is 0 Å². The summed E-state index contributed by atoms with van der Waals surface area (Å²) >= 11 is 6.28. The summed E-state index contributed by atoms with van der Waals surface area (Å²) in [5.41, 5.74) is 0.831. The SMILES string of the molecule is COCC(=O)Nc1ccc(N2C=CC=CC(C(=O)OC)=C2C(=O)OC)cc1Cl. The Balaban J connectivity index is 2.49. The number of benzene rings is 1. The molecule has 8 nitrogen and oxygen atoms in total. The molecule has 0 radical (unpaired) electrons. The van der Waals surface area contributed by atoms with Crippen LogP contribution in [0.15, 0.2) is 53.9 Å². The molecule has 0 spiro atoms. The average Bonchev–Trinajstić information content (AvgIpc) is 2.91. The number of halogens is 1. The van der Waals surface area contributed by atoms with Gasteiger partial charge in [0.1, 0.15) is 12.3 Å². The average molecular weight is 407 g/mol. The molecule has 0 fully saturated rings. The van der Waals surface area contributed by atoms with Gasteiger partial charge in [-0.15, -0.1) is 0 Å². The summed E-state index contributed by atoms with van der Waals surface area (Å²) in [5, 5.41) is 2.85. The highest BCUT2D eigenvalue weighted by Crippen LogP contribution is 2.32. The summed E-state index contributed by atoms with van der Waals surface area (Å²) in [6, 6.07) is 4.74. The fourth-order valence-electron chi connectivity index (χ4n) is 2.44. The molecule has 148 valence electrons. The first-order chi connectivity index (χ1) is 13.4. The maximum absolute atomic E-state index is 12.4. The summed E-state index contributed by atoms with van der Waals surface area (Å²) in [4.78, 5) is 37.7. The van der Waals surface area contributed by atoms with Crippen molar-refractivity contribution < 1.29 is 28.6 Å². The zero-order valence-corrected chi connectivity index (χ0v) is 16.3. The number of hydrogen-bond donors (Lipinski definition) is 1. The Bertz CT molecular complexity index is 875. The smallest absolute Gasteiger partial charge is 0.355 e. The number of methoxy groups -OCH3 is 3. The Kier molecular flexibility index (Phi) is 7.36. The minimum atomic E-state index is -0.731. The zero-order chi connectivity index (χ0) is 20.7. The minimum Gasteiger partial charge on any atom is -0.465 e. The molecule has 0 atom stereocenters. The van der Waals surface area contributed by atoms with Crippen molar-refractivity contribution in [2.45, 2.75) is 0 Å². The van der Waals surface area contributed by atoms with Crippen LogP contribution in [0.1, 0.15) is 0 Å². The molecule has 0 saturated heterocycles. The van der Waals surface area contributed by atoms with Crippen molar-refractivity contribution in [3.63, 3.8) is 0 Å². The monoisotopic (exact) mass is 406 g/mol. The van der Waals surface area contributed by atoms with E-state index >= 15 is 0 Å². The second kappa shape index (κ2) is 9.72. The third-order valence-corrected chi connectivity index (χ3v) is 3.98. The van der Waals surface area contributed by atoms with Crippen LogP contribution >= 0.6 is 11.6 Å². The highest BCUT2D eigenvalue weighted by Gasteiger charge is 2.27. The summed E-state index contributed by atoms with van der Waals surface area (Å²) in [5.74, 6) is -1.79. The maximum atomic E-state index is 12.4. The third-order valence-electron chi connectivity index (χ3n) is 3.67. The highest BCUT2D eigenvalue weighted by molar-refractivity contribution is 6.34. The van der Waals surface area contributed by atoms with E-state index in [0.29, 0.717) is 11.4 Å². The Morgan fingerprint density at radius 1 is 1.07 bits per heavy atom. The molecular formula is C19H19ClN2O6. The Morgan fingerprint density at radius 2 is 1.79 bits per heavy atom. The van der Waals surface area contributed by atoms with Crippen molar-refractivity contribution in [2.24, 2.45) is 0 Å². The second-order valence-corrected chi connectivity index (χ2v) is 5.87. The first-order valence-corrected chi connectivity index (χ1v) is 8.44. The van der Waals surface area contributed by atoms with Crippen molar-refractivity contribution in [3.8, 4) is 0 Å². The normalized spacial score (nSPS) is 13.2. The number of esters is 2. The zero-order valence-electron chi connectivity index (χ0n) is 15.5. The quantitative estimate of drug-likeness (QED) is 0.725. The fraction of sp³-hybridized carbons (Fsp3) is 0.211. The Labute approximate surface area is 167 Å². The van der Waals surface area contributed by atoms with E-state index in [2.05, 4.69) is 5.32 Å². The van der Waals surface area contributed by atoms with Crippen LogP contribution in [0.5, 0.6) is 0 Å². The van der Waals surface area contributed by atoms with Gasteiger partial charge in [0, 0.05) is 19.0 Å². The van der Waals surface area contributed by atoms with Gasteiger partial charge in [0.05, 0.1) is 30.5 Å². The number of hydrogen-bond acceptors (Lipinski definition) is 7. The van der Waals surface area contributed by atoms with E-state index in [1.807, 2.05) is 0 Å². The van der Waals surface area contributed by atoms with Gasteiger partial charge in [0.15, 0.2) is 0 Å². The van der Waals surface area contributed by atoms with Crippen molar-refractivity contribution >= 4 is 40.8 Å². The molecule has 9 heteroatoms. The molecule has 1 amide bonds. The molecular weight excluding hydrogens is 388 g/mol. The van der Waals surface area contributed by atoms with Crippen molar-refractivity contribution in [1.82, 2.24) is 0 Å². The maximum Gasteiger partial charge on any atom is 0.355 e. The van der Waals surface area contributed by atoms with Gasteiger partial charge < -0.3 is 24.4 Å². The van der Waals surface area contributed by atoms with E-state index in [1.54, 1.807) is 30.5 Å². The number of rotatable bonds is 6.